The molecule has 0 atom stereocenters. The molecule has 0 aliphatic carbocycles. The number of aryl methyl sites for hydroxylation is 2. The number of nitrogens with zero attached hydrogens (tertiary/aromatic N) is 2. The number of hydrogen-bond donors (Lipinski definition) is 1. The van der Waals surface area contributed by atoms with Gasteiger partial charge in [-0.3, -0.25) is 10.1 Å². The molecule has 2 aromatic carbocycles. The van der Waals surface area contributed by atoms with E-state index in [0.29, 0.717) is 5.76 Å². The number of furan rings is 1. The SMILES string of the molecule is Cc1ccc(CC(=O)Nc2nnc(-c3cc4ccccc4o3)o2)c(C)c1. The van der Waals surface area contributed by atoms with Gasteiger partial charge in [0.15, 0.2) is 5.76 Å². The molecule has 0 aliphatic heterocycles. The Morgan fingerprint density at radius 2 is 1.88 bits per heavy atom. The Hall–Kier alpha value is -3.41. The number of amides is 1. The largest absolute Gasteiger partial charge is 0.451 e. The van der Waals surface area contributed by atoms with Gasteiger partial charge in [0.05, 0.1) is 6.42 Å². The lowest BCUT2D eigenvalue weighted by atomic mass is 10.0. The van der Waals surface area contributed by atoms with Gasteiger partial charge in [-0.05, 0) is 37.1 Å². The number of carbonyl (C=O) groups excluding carboxylic acids is 1. The van der Waals surface area contributed by atoms with Crippen LogP contribution in [0.3, 0.4) is 0 Å². The normalized spacial score (nSPS) is 11.0. The Morgan fingerprint density at radius 3 is 2.69 bits per heavy atom. The van der Waals surface area contributed by atoms with E-state index in [1.54, 1.807) is 0 Å². The lowest BCUT2D eigenvalue weighted by Gasteiger charge is -2.06. The number of nitrogens with one attached hydrogen (secondary N) is 1. The van der Waals surface area contributed by atoms with E-state index >= 15 is 0 Å². The van der Waals surface area contributed by atoms with Crippen molar-refractivity contribution in [3.8, 4) is 11.7 Å². The van der Waals surface area contributed by atoms with Crippen LogP contribution in [0.15, 0.2) is 57.4 Å². The molecule has 0 saturated carbocycles. The van der Waals surface area contributed by atoms with Gasteiger partial charge in [0.2, 0.25) is 5.91 Å². The van der Waals surface area contributed by atoms with Gasteiger partial charge in [-0.1, -0.05) is 47.1 Å². The van der Waals surface area contributed by atoms with Gasteiger partial charge in [0.25, 0.3) is 5.89 Å². The molecule has 0 bridgehead atoms. The number of rotatable bonds is 4. The van der Waals surface area contributed by atoms with Gasteiger partial charge in [-0.2, -0.15) is 0 Å². The van der Waals surface area contributed by atoms with E-state index in [0.717, 1.165) is 22.1 Å². The number of hydrogen-bond acceptors (Lipinski definition) is 5. The Bertz CT molecular complexity index is 1060. The molecular weight excluding hydrogens is 330 g/mol. The summed E-state index contributed by atoms with van der Waals surface area (Å²) in [6.45, 7) is 4.01. The number of para-hydroxylation sites is 1. The van der Waals surface area contributed by atoms with Crippen molar-refractivity contribution in [3.63, 3.8) is 0 Å². The Kier molecular flexibility index (Phi) is 4.01. The molecule has 1 N–H and O–H groups in total. The van der Waals surface area contributed by atoms with Crippen LogP contribution < -0.4 is 5.32 Å². The Morgan fingerprint density at radius 1 is 1.04 bits per heavy atom. The van der Waals surface area contributed by atoms with E-state index in [-0.39, 0.29) is 24.2 Å². The fourth-order valence-electron chi connectivity index (χ4n) is 2.84. The molecule has 4 aromatic rings. The van der Waals surface area contributed by atoms with E-state index < -0.39 is 0 Å². The molecule has 4 rings (SSSR count). The lowest BCUT2D eigenvalue weighted by molar-refractivity contribution is -0.115. The zero-order valence-electron chi connectivity index (χ0n) is 14.4. The maximum Gasteiger partial charge on any atom is 0.322 e. The minimum Gasteiger partial charge on any atom is -0.451 e. The third kappa shape index (κ3) is 3.21. The van der Waals surface area contributed by atoms with Gasteiger partial charge in [0, 0.05) is 5.39 Å². The highest BCUT2D eigenvalue weighted by atomic mass is 16.4. The summed E-state index contributed by atoms with van der Waals surface area (Å²) >= 11 is 0. The van der Waals surface area contributed by atoms with Crippen LogP contribution in [0.4, 0.5) is 6.01 Å². The number of aromatic nitrogens is 2. The second-order valence-electron chi connectivity index (χ2n) is 6.22. The van der Waals surface area contributed by atoms with E-state index in [4.69, 9.17) is 8.83 Å². The molecule has 0 aliphatic rings. The maximum absolute atomic E-state index is 12.2. The molecule has 2 heterocycles. The van der Waals surface area contributed by atoms with Crippen molar-refractivity contribution >= 4 is 22.9 Å². The summed E-state index contributed by atoms with van der Waals surface area (Å²) in [6.07, 6.45) is 0.245. The molecule has 0 radical (unpaired) electrons. The summed E-state index contributed by atoms with van der Waals surface area (Å²) in [5.41, 5.74) is 3.94. The fourth-order valence-corrected chi connectivity index (χ4v) is 2.84. The first-order valence-electron chi connectivity index (χ1n) is 8.27. The van der Waals surface area contributed by atoms with Crippen molar-refractivity contribution in [2.24, 2.45) is 0 Å². The van der Waals surface area contributed by atoms with E-state index in [1.807, 2.05) is 56.3 Å². The topological polar surface area (TPSA) is 81.2 Å². The molecule has 0 unspecified atom stereocenters. The first-order valence-corrected chi connectivity index (χ1v) is 8.27. The highest BCUT2D eigenvalue weighted by Gasteiger charge is 2.15. The van der Waals surface area contributed by atoms with Crippen LogP contribution >= 0.6 is 0 Å². The Balaban J connectivity index is 1.48. The summed E-state index contributed by atoms with van der Waals surface area (Å²) in [5.74, 6) is 0.480. The van der Waals surface area contributed by atoms with Crippen molar-refractivity contribution in [1.82, 2.24) is 10.2 Å². The summed E-state index contributed by atoms with van der Waals surface area (Å²) in [4.78, 5) is 12.2. The van der Waals surface area contributed by atoms with Crippen LogP contribution in [-0.2, 0) is 11.2 Å². The van der Waals surface area contributed by atoms with Gasteiger partial charge < -0.3 is 8.83 Å². The predicted octanol–water partition coefficient (Wildman–Crippen LogP) is 4.28. The van der Waals surface area contributed by atoms with E-state index in [2.05, 4.69) is 21.6 Å². The molecule has 0 fully saturated rings. The first kappa shape index (κ1) is 16.1. The molecule has 6 nitrogen and oxygen atoms in total. The van der Waals surface area contributed by atoms with Crippen LogP contribution in [0.1, 0.15) is 16.7 Å². The second-order valence-corrected chi connectivity index (χ2v) is 6.22. The van der Waals surface area contributed by atoms with Crippen LogP contribution in [0.25, 0.3) is 22.6 Å². The van der Waals surface area contributed by atoms with Crippen LogP contribution in [0, 0.1) is 13.8 Å². The van der Waals surface area contributed by atoms with Crippen molar-refractivity contribution in [1.29, 1.82) is 0 Å². The zero-order valence-corrected chi connectivity index (χ0v) is 14.4. The van der Waals surface area contributed by atoms with Crippen molar-refractivity contribution in [2.75, 3.05) is 5.32 Å². The summed E-state index contributed by atoms with van der Waals surface area (Å²) in [7, 11) is 0. The minimum atomic E-state index is -0.211. The standard InChI is InChI=1S/C20H17N3O3/c1-12-7-8-14(13(2)9-12)11-18(24)21-20-23-22-19(26-20)17-10-15-5-3-4-6-16(15)25-17/h3-10H,11H2,1-2H3,(H,21,23,24). The first-order chi connectivity index (χ1) is 12.6. The summed E-state index contributed by atoms with van der Waals surface area (Å²) in [6, 6.07) is 15.5. The average Bonchev–Trinajstić information content (AvgIpc) is 3.23. The maximum atomic E-state index is 12.2. The molecule has 0 saturated heterocycles. The molecule has 0 spiro atoms. The smallest absolute Gasteiger partial charge is 0.322 e. The molecule has 6 heteroatoms. The minimum absolute atomic E-state index is 0.0511. The highest BCUT2D eigenvalue weighted by molar-refractivity contribution is 5.90. The summed E-state index contributed by atoms with van der Waals surface area (Å²) < 4.78 is 11.2. The number of carbonyl (C=O) groups is 1. The third-order valence-corrected chi connectivity index (χ3v) is 4.16. The number of benzene rings is 2. The molecule has 26 heavy (non-hydrogen) atoms. The Labute approximate surface area is 149 Å². The summed E-state index contributed by atoms with van der Waals surface area (Å²) in [5, 5.41) is 11.4. The molecule has 130 valence electrons. The average molecular weight is 347 g/mol. The monoisotopic (exact) mass is 347 g/mol. The zero-order chi connectivity index (χ0) is 18.1. The van der Waals surface area contributed by atoms with Gasteiger partial charge >= 0.3 is 6.01 Å². The van der Waals surface area contributed by atoms with Crippen molar-refractivity contribution in [2.45, 2.75) is 20.3 Å². The van der Waals surface area contributed by atoms with Crippen LogP contribution in [0.5, 0.6) is 0 Å². The van der Waals surface area contributed by atoms with Crippen molar-refractivity contribution in [3.05, 3.63) is 65.2 Å². The fraction of sp³-hybridized carbons (Fsp3) is 0.150. The van der Waals surface area contributed by atoms with Crippen LogP contribution in [-0.4, -0.2) is 16.1 Å². The van der Waals surface area contributed by atoms with Crippen molar-refractivity contribution < 1.29 is 13.6 Å². The second kappa shape index (κ2) is 6.48. The quantitative estimate of drug-likeness (QED) is 0.596. The van der Waals surface area contributed by atoms with Gasteiger partial charge in [-0.15, -0.1) is 5.10 Å². The third-order valence-electron chi connectivity index (χ3n) is 4.16. The lowest BCUT2D eigenvalue weighted by Crippen LogP contribution is -2.15. The van der Waals surface area contributed by atoms with E-state index in [1.165, 1.54) is 5.56 Å². The van der Waals surface area contributed by atoms with Gasteiger partial charge in [-0.25, -0.2) is 0 Å². The predicted molar refractivity (Wildman–Crippen MR) is 97.8 cm³/mol. The highest BCUT2D eigenvalue weighted by Crippen LogP contribution is 2.27. The van der Waals surface area contributed by atoms with Gasteiger partial charge in [0.1, 0.15) is 5.58 Å². The van der Waals surface area contributed by atoms with E-state index in [9.17, 15) is 4.79 Å². The molecular formula is C20H17N3O3. The van der Waals surface area contributed by atoms with Crippen LogP contribution in [0.2, 0.25) is 0 Å². The number of fused-ring (bicyclic) bond motifs is 1. The molecule has 1 amide bonds. The number of anilines is 1. The molecule has 2 aromatic heterocycles.